The SMILES string of the molecule is CCc1ccc(N2C(=O)C3CC=C4C(CC5C(=O)N(Nc6ccc(F)cc6)C(=O)C5(c5ccc(Cl)cc5)C4c4ccc(O)c(F)c4)C3C2=O)cc1. The number of carbonyl (C=O) groups excluding carboxylic acids is 4. The number of phenols is 1. The van der Waals surface area contributed by atoms with E-state index >= 15 is 9.18 Å². The molecule has 258 valence electrons. The van der Waals surface area contributed by atoms with Gasteiger partial charge in [0, 0.05) is 10.9 Å². The van der Waals surface area contributed by atoms with Gasteiger partial charge in [-0.1, -0.05) is 60.5 Å². The standard InChI is InChI=1S/C40H32ClF2N3O5/c1-2-21-3-14-27(15-4-21)45-36(48)29-17-16-28-30(34(29)38(45)50)20-31-37(49)46(44-26-12-10-25(42)11-13-26)39(51)40(31,23-6-8-24(41)9-7-23)35(28)22-5-18-33(47)32(43)19-22/h3-16,18-19,29-31,34-35,44,47H,2,17,20H2,1H3. The molecule has 8 nitrogen and oxygen atoms in total. The van der Waals surface area contributed by atoms with E-state index < -0.39 is 70.1 Å². The average Bonchev–Trinajstić information content (AvgIpc) is 3.51. The van der Waals surface area contributed by atoms with Gasteiger partial charge in [-0.15, -0.1) is 0 Å². The number of nitrogens with zero attached hydrogens (tertiary/aromatic N) is 2. The number of allylic oxidation sites excluding steroid dienone is 2. The number of fused-ring (bicyclic) bond motifs is 4. The highest BCUT2D eigenvalue weighted by atomic mass is 35.5. The van der Waals surface area contributed by atoms with E-state index in [9.17, 15) is 23.9 Å². The molecule has 51 heavy (non-hydrogen) atoms. The van der Waals surface area contributed by atoms with Crippen LogP contribution in [0, 0.1) is 35.3 Å². The Balaban J connectivity index is 1.31. The molecule has 3 fully saturated rings. The predicted octanol–water partition coefficient (Wildman–Crippen LogP) is 7.08. The van der Waals surface area contributed by atoms with Crippen LogP contribution >= 0.6 is 11.6 Å². The van der Waals surface area contributed by atoms with Crippen molar-refractivity contribution >= 4 is 46.6 Å². The fraction of sp³-hybridized carbons (Fsp3) is 0.250. The van der Waals surface area contributed by atoms with Gasteiger partial charge in [0.05, 0.1) is 34.5 Å². The van der Waals surface area contributed by atoms with E-state index in [1.54, 1.807) is 36.4 Å². The molecule has 4 aliphatic rings. The molecular formula is C40H32ClF2N3O5. The summed E-state index contributed by atoms with van der Waals surface area (Å²) < 4.78 is 29.1. The van der Waals surface area contributed by atoms with Gasteiger partial charge >= 0.3 is 0 Å². The van der Waals surface area contributed by atoms with Gasteiger partial charge in [-0.3, -0.25) is 29.5 Å². The van der Waals surface area contributed by atoms with E-state index in [0.717, 1.165) is 23.1 Å². The van der Waals surface area contributed by atoms with E-state index in [4.69, 9.17) is 11.6 Å². The van der Waals surface area contributed by atoms with Gasteiger partial charge in [0.15, 0.2) is 11.6 Å². The minimum atomic E-state index is -1.66. The molecule has 0 bridgehead atoms. The minimum absolute atomic E-state index is 0.0422. The van der Waals surface area contributed by atoms with Crippen LogP contribution in [0.2, 0.25) is 5.02 Å². The molecule has 11 heteroatoms. The number of benzene rings is 4. The Labute approximate surface area is 297 Å². The van der Waals surface area contributed by atoms with Gasteiger partial charge in [-0.05, 0) is 103 Å². The number of amides is 4. The van der Waals surface area contributed by atoms with Gasteiger partial charge in [-0.25, -0.2) is 8.78 Å². The Kier molecular flexibility index (Phi) is 7.83. The predicted molar refractivity (Wildman–Crippen MR) is 185 cm³/mol. The zero-order chi connectivity index (χ0) is 35.8. The molecule has 4 amide bonds. The number of nitrogens with one attached hydrogen (secondary N) is 1. The van der Waals surface area contributed by atoms with Crippen molar-refractivity contribution in [2.75, 3.05) is 10.3 Å². The van der Waals surface area contributed by atoms with Crippen LogP contribution in [0.15, 0.2) is 103 Å². The number of rotatable bonds is 6. The zero-order valence-electron chi connectivity index (χ0n) is 27.4. The fourth-order valence-corrected chi connectivity index (χ4v) is 8.99. The molecule has 2 heterocycles. The first kappa shape index (κ1) is 32.8. The van der Waals surface area contributed by atoms with Crippen LogP contribution in [0.3, 0.4) is 0 Å². The average molecular weight is 708 g/mol. The van der Waals surface area contributed by atoms with Gasteiger partial charge in [0.2, 0.25) is 11.8 Å². The maximum atomic E-state index is 15.3. The van der Waals surface area contributed by atoms with Crippen LogP contribution < -0.4 is 10.3 Å². The lowest BCUT2D eigenvalue weighted by Crippen LogP contribution is -2.53. The highest BCUT2D eigenvalue weighted by molar-refractivity contribution is 6.30. The molecule has 2 N–H and O–H groups in total. The lowest BCUT2D eigenvalue weighted by molar-refractivity contribution is -0.138. The van der Waals surface area contributed by atoms with Crippen molar-refractivity contribution in [3.63, 3.8) is 0 Å². The van der Waals surface area contributed by atoms with E-state index in [1.807, 2.05) is 25.1 Å². The number of aryl methyl sites for hydroxylation is 1. The van der Waals surface area contributed by atoms with Gasteiger partial charge in [-0.2, -0.15) is 5.01 Å². The van der Waals surface area contributed by atoms with Crippen molar-refractivity contribution in [1.82, 2.24) is 5.01 Å². The molecule has 2 saturated heterocycles. The third kappa shape index (κ3) is 4.91. The molecule has 0 radical (unpaired) electrons. The topological polar surface area (TPSA) is 107 Å². The van der Waals surface area contributed by atoms with Crippen molar-refractivity contribution in [3.8, 4) is 5.75 Å². The van der Waals surface area contributed by atoms with E-state index in [2.05, 4.69) is 5.43 Å². The third-order valence-electron chi connectivity index (χ3n) is 11.2. The Morgan fingerprint density at radius 1 is 0.863 bits per heavy atom. The molecule has 6 unspecified atom stereocenters. The summed E-state index contributed by atoms with van der Waals surface area (Å²) >= 11 is 6.31. The molecule has 2 aliphatic heterocycles. The fourth-order valence-electron chi connectivity index (χ4n) is 8.87. The Morgan fingerprint density at radius 3 is 2.24 bits per heavy atom. The first-order valence-corrected chi connectivity index (χ1v) is 17.2. The first-order valence-electron chi connectivity index (χ1n) is 16.9. The number of hydrazine groups is 1. The van der Waals surface area contributed by atoms with Crippen LogP contribution in [0.5, 0.6) is 5.75 Å². The largest absolute Gasteiger partial charge is 0.505 e. The lowest BCUT2D eigenvalue weighted by atomic mass is 9.49. The lowest BCUT2D eigenvalue weighted by Gasteiger charge is -2.50. The van der Waals surface area contributed by atoms with Gasteiger partial charge in [0.1, 0.15) is 5.82 Å². The highest BCUT2D eigenvalue weighted by Gasteiger charge is 2.70. The summed E-state index contributed by atoms with van der Waals surface area (Å²) in [6.07, 6.45) is 2.90. The molecule has 4 aromatic carbocycles. The summed E-state index contributed by atoms with van der Waals surface area (Å²) in [5.41, 5.74) is 4.43. The summed E-state index contributed by atoms with van der Waals surface area (Å²) in [6, 6.07) is 22.9. The normalized spacial score (nSPS) is 26.9. The van der Waals surface area contributed by atoms with Crippen molar-refractivity contribution in [1.29, 1.82) is 0 Å². The molecule has 6 atom stereocenters. The van der Waals surface area contributed by atoms with Crippen LogP contribution in [0.25, 0.3) is 0 Å². The highest BCUT2D eigenvalue weighted by Crippen LogP contribution is 2.64. The molecule has 0 spiro atoms. The molecule has 0 aromatic heterocycles. The van der Waals surface area contributed by atoms with Crippen LogP contribution in [0.1, 0.15) is 42.4 Å². The zero-order valence-corrected chi connectivity index (χ0v) is 28.1. The van der Waals surface area contributed by atoms with Crippen LogP contribution in [-0.2, 0) is 31.0 Å². The Hall–Kier alpha value is -5.35. The maximum absolute atomic E-state index is 15.3. The van der Waals surface area contributed by atoms with E-state index in [1.165, 1.54) is 41.3 Å². The second-order valence-corrected chi connectivity index (χ2v) is 14.1. The Morgan fingerprint density at radius 2 is 1.57 bits per heavy atom. The Bertz CT molecular complexity index is 2140. The summed E-state index contributed by atoms with van der Waals surface area (Å²) in [4.78, 5) is 59.4. The van der Waals surface area contributed by atoms with Crippen molar-refractivity contribution < 1.29 is 33.1 Å². The monoisotopic (exact) mass is 707 g/mol. The molecular weight excluding hydrogens is 676 g/mol. The number of hydrogen-bond donors (Lipinski definition) is 2. The quantitative estimate of drug-likeness (QED) is 0.164. The molecule has 8 rings (SSSR count). The van der Waals surface area contributed by atoms with Crippen LogP contribution in [-0.4, -0.2) is 33.7 Å². The third-order valence-corrected chi connectivity index (χ3v) is 11.4. The number of halogens is 3. The number of imide groups is 2. The summed E-state index contributed by atoms with van der Waals surface area (Å²) in [6.45, 7) is 2.01. The minimum Gasteiger partial charge on any atom is -0.505 e. The molecule has 4 aromatic rings. The van der Waals surface area contributed by atoms with Crippen molar-refractivity contribution in [2.24, 2.45) is 23.7 Å². The number of anilines is 2. The van der Waals surface area contributed by atoms with Crippen LogP contribution in [0.4, 0.5) is 20.2 Å². The first-order chi connectivity index (χ1) is 24.5. The van der Waals surface area contributed by atoms with Crippen molar-refractivity contribution in [3.05, 3.63) is 136 Å². The summed E-state index contributed by atoms with van der Waals surface area (Å²) in [5, 5.41) is 11.5. The molecule has 1 saturated carbocycles. The second-order valence-electron chi connectivity index (χ2n) is 13.6. The number of carbonyl (C=O) groups is 4. The summed E-state index contributed by atoms with van der Waals surface area (Å²) in [7, 11) is 0. The smallest absolute Gasteiger partial charge is 0.260 e. The maximum Gasteiger partial charge on any atom is 0.260 e. The molecule has 2 aliphatic carbocycles. The number of phenolic OH excluding ortho intramolecular Hbond substituents is 1. The second kappa shape index (κ2) is 12.2. The van der Waals surface area contributed by atoms with E-state index in [0.29, 0.717) is 27.4 Å². The van der Waals surface area contributed by atoms with Gasteiger partial charge < -0.3 is 5.11 Å². The van der Waals surface area contributed by atoms with Crippen molar-refractivity contribution in [2.45, 2.75) is 37.5 Å². The number of aromatic hydroxyl groups is 1. The van der Waals surface area contributed by atoms with Gasteiger partial charge in [0.25, 0.3) is 11.8 Å². The van der Waals surface area contributed by atoms with E-state index in [-0.39, 0.29) is 24.4 Å². The summed E-state index contributed by atoms with van der Waals surface area (Å²) in [5.74, 6) is -8.21. The number of hydrogen-bond acceptors (Lipinski definition) is 6.